The number of rotatable bonds is 6. The molecule has 4 heteroatoms. The largest absolute Gasteiger partial charge is 0.467 e. The molecule has 0 aromatic heterocycles. The average Bonchev–Trinajstić information content (AvgIpc) is 2.61. The lowest BCUT2D eigenvalue weighted by molar-refractivity contribution is -0.145. The van der Waals surface area contributed by atoms with Gasteiger partial charge in [-0.1, -0.05) is 67.6 Å². The first-order chi connectivity index (χ1) is 11.2. The van der Waals surface area contributed by atoms with Crippen LogP contribution in [-0.2, 0) is 14.3 Å². The summed E-state index contributed by atoms with van der Waals surface area (Å²) in [6.07, 6.45) is 0.481. The van der Waals surface area contributed by atoms with Gasteiger partial charge in [0.15, 0.2) is 0 Å². The van der Waals surface area contributed by atoms with Gasteiger partial charge in [-0.25, -0.2) is 4.79 Å². The molecule has 1 atom stereocenters. The van der Waals surface area contributed by atoms with E-state index in [1.165, 1.54) is 7.11 Å². The highest BCUT2D eigenvalue weighted by Gasteiger charge is 2.27. The summed E-state index contributed by atoms with van der Waals surface area (Å²) in [5, 5.41) is 2.80. The number of carbonyl (C=O) groups excluding carboxylic acids is 2. The Hall–Kier alpha value is -2.62. The van der Waals surface area contributed by atoms with Crippen LogP contribution in [0.5, 0.6) is 0 Å². The first-order valence-electron chi connectivity index (χ1n) is 7.65. The highest BCUT2D eigenvalue weighted by atomic mass is 16.5. The fraction of sp³-hybridized carbons (Fsp3) is 0.263. The van der Waals surface area contributed by atoms with Crippen molar-refractivity contribution in [3.63, 3.8) is 0 Å². The van der Waals surface area contributed by atoms with Crippen LogP contribution in [-0.4, -0.2) is 25.0 Å². The fourth-order valence-corrected chi connectivity index (χ4v) is 2.51. The topological polar surface area (TPSA) is 55.4 Å². The molecule has 0 aliphatic heterocycles. The molecule has 1 N–H and O–H groups in total. The van der Waals surface area contributed by atoms with Crippen molar-refractivity contribution in [1.29, 1.82) is 0 Å². The van der Waals surface area contributed by atoms with Crippen LogP contribution in [0.1, 0.15) is 30.4 Å². The third-order valence-electron chi connectivity index (χ3n) is 3.74. The summed E-state index contributed by atoms with van der Waals surface area (Å²) in [4.78, 5) is 24.6. The molecular formula is C19H21NO3. The number of ether oxygens (including phenoxy) is 1. The molecule has 0 spiro atoms. The predicted molar refractivity (Wildman–Crippen MR) is 89.0 cm³/mol. The number of hydrogen-bond donors (Lipinski definition) is 1. The highest BCUT2D eigenvalue weighted by molar-refractivity contribution is 5.90. The third-order valence-corrected chi connectivity index (χ3v) is 3.74. The van der Waals surface area contributed by atoms with Crippen molar-refractivity contribution in [3.05, 3.63) is 71.8 Å². The second-order valence-corrected chi connectivity index (χ2v) is 5.25. The molecule has 1 amide bonds. The molecule has 0 saturated carbocycles. The molecule has 2 aromatic carbocycles. The van der Waals surface area contributed by atoms with Crippen LogP contribution in [0.2, 0.25) is 0 Å². The number of esters is 1. The number of nitrogens with one attached hydrogen (secondary N) is 1. The van der Waals surface area contributed by atoms with Gasteiger partial charge in [0.25, 0.3) is 0 Å². The van der Waals surface area contributed by atoms with Crippen LogP contribution in [0.3, 0.4) is 0 Å². The van der Waals surface area contributed by atoms with E-state index in [2.05, 4.69) is 5.32 Å². The van der Waals surface area contributed by atoms with Crippen molar-refractivity contribution in [1.82, 2.24) is 5.32 Å². The highest BCUT2D eigenvalue weighted by Crippen LogP contribution is 2.25. The van der Waals surface area contributed by atoms with Gasteiger partial charge in [-0.05, 0) is 17.5 Å². The number of amides is 1. The summed E-state index contributed by atoms with van der Waals surface area (Å²) in [5.74, 6) is -1.10. The van der Waals surface area contributed by atoms with Gasteiger partial charge in [-0.3, -0.25) is 4.79 Å². The Bertz CT molecular complexity index is 601. The SMILES string of the molecule is CC[C@H](NC(=O)C(c1ccccc1)c1ccccc1)C(=O)OC. The van der Waals surface area contributed by atoms with E-state index in [4.69, 9.17) is 4.74 Å². The van der Waals surface area contributed by atoms with Gasteiger partial charge in [0.05, 0.1) is 13.0 Å². The summed E-state index contributed by atoms with van der Waals surface area (Å²) >= 11 is 0. The molecule has 0 unspecified atom stereocenters. The van der Waals surface area contributed by atoms with E-state index >= 15 is 0 Å². The lowest BCUT2D eigenvalue weighted by Gasteiger charge is -2.21. The van der Waals surface area contributed by atoms with Crippen LogP contribution in [0.4, 0.5) is 0 Å². The van der Waals surface area contributed by atoms with Crippen LogP contribution in [0, 0.1) is 0 Å². The fourth-order valence-electron chi connectivity index (χ4n) is 2.51. The second kappa shape index (κ2) is 8.13. The minimum absolute atomic E-state index is 0.209. The van der Waals surface area contributed by atoms with Crippen LogP contribution >= 0.6 is 0 Å². The second-order valence-electron chi connectivity index (χ2n) is 5.25. The molecular weight excluding hydrogens is 290 g/mol. The lowest BCUT2D eigenvalue weighted by Crippen LogP contribution is -2.43. The van der Waals surface area contributed by atoms with Gasteiger partial charge in [0, 0.05) is 0 Å². The van der Waals surface area contributed by atoms with Crippen molar-refractivity contribution in [2.45, 2.75) is 25.3 Å². The van der Waals surface area contributed by atoms with Gasteiger partial charge >= 0.3 is 5.97 Å². The minimum Gasteiger partial charge on any atom is -0.467 e. The molecule has 0 aliphatic rings. The minimum atomic E-state index is -0.637. The summed E-state index contributed by atoms with van der Waals surface area (Å²) in [6, 6.07) is 18.4. The molecule has 2 rings (SSSR count). The number of carbonyl (C=O) groups is 2. The van der Waals surface area contributed by atoms with Crippen molar-refractivity contribution in [2.24, 2.45) is 0 Å². The van der Waals surface area contributed by atoms with E-state index in [1.807, 2.05) is 67.6 Å². The van der Waals surface area contributed by atoms with E-state index in [0.717, 1.165) is 11.1 Å². The zero-order valence-corrected chi connectivity index (χ0v) is 13.4. The summed E-state index contributed by atoms with van der Waals surface area (Å²) in [7, 11) is 1.32. The van der Waals surface area contributed by atoms with Crippen molar-refractivity contribution in [2.75, 3.05) is 7.11 Å². The molecule has 23 heavy (non-hydrogen) atoms. The molecule has 0 bridgehead atoms. The molecule has 2 aromatic rings. The third kappa shape index (κ3) is 4.19. The van der Waals surface area contributed by atoms with E-state index in [1.54, 1.807) is 0 Å². The Balaban J connectivity index is 2.31. The van der Waals surface area contributed by atoms with E-state index in [9.17, 15) is 9.59 Å². The monoisotopic (exact) mass is 311 g/mol. The number of hydrogen-bond acceptors (Lipinski definition) is 3. The molecule has 0 aliphatic carbocycles. The smallest absolute Gasteiger partial charge is 0.328 e. The molecule has 0 heterocycles. The molecule has 120 valence electrons. The van der Waals surface area contributed by atoms with Crippen molar-refractivity contribution < 1.29 is 14.3 Å². The predicted octanol–water partition coefficient (Wildman–Crippen LogP) is 2.89. The molecule has 0 fully saturated rings. The quantitative estimate of drug-likeness (QED) is 0.835. The van der Waals surface area contributed by atoms with E-state index < -0.39 is 17.9 Å². The van der Waals surface area contributed by atoms with Gasteiger partial charge < -0.3 is 10.1 Å². The van der Waals surface area contributed by atoms with Gasteiger partial charge in [0.1, 0.15) is 6.04 Å². The van der Waals surface area contributed by atoms with Gasteiger partial charge in [0.2, 0.25) is 5.91 Å². The lowest BCUT2D eigenvalue weighted by atomic mass is 9.90. The van der Waals surface area contributed by atoms with Crippen LogP contribution < -0.4 is 5.32 Å². The van der Waals surface area contributed by atoms with E-state index in [-0.39, 0.29) is 5.91 Å². The Kier molecular flexibility index (Phi) is 5.92. The first kappa shape index (κ1) is 16.7. The Morgan fingerprint density at radius 1 is 0.957 bits per heavy atom. The summed E-state index contributed by atoms with van der Waals surface area (Å²) in [6.45, 7) is 1.84. The molecule has 0 saturated heterocycles. The van der Waals surface area contributed by atoms with Gasteiger partial charge in [-0.15, -0.1) is 0 Å². The van der Waals surface area contributed by atoms with Crippen molar-refractivity contribution in [3.8, 4) is 0 Å². The summed E-state index contributed by atoms with van der Waals surface area (Å²) in [5.41, 5.74) is 1.77. The Morgan fingerprint density at radius 3 is 1.83 bits per heavy atom. The molecule has 0 radical (unpaired) electrons. The van der Waals surface area contributed by atoms with Crippen LogP contribution in [0.25, 0.3) is 0 Å². The first-order valence-corrected chi connectivity index (χ1v) is 7.65. The maximum Gasteiger partial charge on any atom is 0.328 e. The Morgan fingerprint density at radius 2 is 1.43 bits per heavy atom. The van der Waals surface area contributed by atoms with E-state index in [0.29, 0.717) is 6.42 Å². The zero-order valence-electron chi connectivity index (χ0n) is 13.4. The average molecular weight is 311 g/mol. The molecule has 4 nitrogen and oxygen atoms in total. The van der Waals surface area contributed by atoms with Crippen LogP contribution in [0.15, 0.2) is 60.7 Å². The standard InChI is InChI=1S/C19H21NO3/c1-3-16(19(22)23-2)20-18(21)17(14-10-6-4-7-11-14)15-12-8-5-9-13-15/h4-13,16-17H,3H2,1-2H3,(H,20,21)/t16-/m0/s1. The summed E-state index contributed by atoms with van der Waals surface area (Å²) < 4.78 is 4.74. The van der Waals surface area contributed by atoms with Crippen molar-refractivity contribution >= 4 is 11.9 Å². The zero-order chi connectivity index (χ0) is 16.7. The Labute approximate surface area is 136 Å². The number of methoxy groups -OCH3 is 1. The normalized spacial score (nSPS) is 11.8. The maximum absolute atomic E-state index is 12.8. The maximum atomic E-state index is 12.8. The number of benzene rings is 2. The van der Waals surface area contributed by atoms with Gasteiger partial charge in [-0.2, -0.15) is 0 Å².